The summed E-state index contributed by atoms with van der Waals surface area (Å²) in [5.41, 5.74) is 17.9. The van der Waals surface area contributed by atoms with Crippen molar-refractivity contribution in [3.05, 3.63) is 120 Å². The third kappa shape index (κ3) is 8.38. The molecule has 6 nitrogen and oxygen atoms in total. The molecule has 0 spiro atoms. The van der Waals surface area contributed by atoms with Gasteiger partial charge in [-0.25, -0.2) is 0 Å². The van der Waals surface area contributed by atoms with Crippen LogP contribution in [-0.2, 0) is 17.3 Å². The fraction of sp³-hybridized carbons (Fsp3) is 0.368. The van der Waals surface area contributed by atoms with E-state index in [1.165, 1.54) is 10.6 Å². The van der Waals surface area contributed by atoms with Gasteiger partial charge in [-0.3, -0.25) is 0 Å². The molecule has 4 aromatic carbocycles. The fourth-order valence-corrected chi connectivity index (χ4v) is 14.2. The quantitative estimate of drug-likeness (QED) is 0.144. The normalized spacial score (nSPS) is 20.6. The number of fused-ring (bicyclic) bond motifs is 2. The van der Waals surface area contributed by atoms with Gasteiger partial charge in [0.15, 0.2) is 33.6 Å². The maximum atomic E-state index is 8.07. The van der Waals surface area contributed by atoms with Crippen molar-refractivity contribution in [2.75, 3.05) is 14.2 Å². The number of rotatable bonds is 6. The molecule has 0 aliphatic carbocycles. The molecule has 10 heteroatoms. The van der Waals surface area contributed by atoms with Gasteiger partial charge in [0.25, 0.3) is 11.7 Å². The number of ether oxygens (including phenoxy) is 4. The van der Waals surface area contributed by atoms with E-state index >= 15 is 0 Å². The van der Waals surface area contributed by atoms with Crippen LogP contribution in [0.25, 0.3) is 11.5 Å². The predicted molar refractivity (Wildman–Crippen MR) is 203 cm³/mol. The third-order valence-electron chi connectivity index (χ3n) is 8.57. The van der Waals surface area contributed by atoms with Crippen LogP contribution in [0.2, 0.25) is 0 Å². The van der Waals surface area contributed by atoms with Crippen molar-refractivity contribution in [3.8, 4) is 23.0 Å². The molecule has 6 rings (SSSR count). The Morgan fingerprint density at radius 1 is 0.583 bits per heavy atom. The number of benzene rings is 4. The molecule has 0 fully saturated rings. The maximum absolute atomic E-state index is 8.07. The van der Waals surface area contributed by atoms with E-state index < -0.39 is 27.9 Å². The van der Waals surface area contributed by atoms with Crippen molar-refractivity contribution < 1.29 is 36.3 Å². The standard InChI is InChI=1S/C24H32O4P2.C14H14N2.ClH.Ru/c1-23(2,3)29-19-15(25-7)11-9-13-17(19)27-21(29)22-28-18-14-10-12-16(26-8)20(18)30(22)24(4,5)6;15-13(11-7-3-1-4-8-11)14(16)12-9-5-2-6-10-12;;/h9-14,21-22H,1-8H3;1-10,13-16H;1H;/q;-2;;+3/p+1/t21-,22-,29?,30?;13-,14-;;/m11../s1. The average Bonchev–Trinajstić information content (AvgIpc) is 3.69. The molecule has 48 heavy (non-hydrogen) atoms. The summed E-state index contributed by atoms with van der Waals surface area (Å²) in [5, 5.41) is 2.71. The predicted octanol–water partition coefficient (Wildman–Crippen LogP) is 10.4. The smallest absolute Gasteiger partial charge is 0.0606 e. The molecule has 0 saturated heterocycles. The van der Waals surface area contributed by atoms with E-state index in [1.54, 1.807) is 14.2 Å². The van der Waals surface area contributed by atoms with E-state index in [2.05, 4.69) is 75.5 Å². The summed E-state index contributed by atoms with van der Waals surface area (Å²) >= 11 is 1.82. The molecule has 6 atom stereocenters. The zero-order chi connectivity index (χ0) is 35.2. The van der Waals surface area contributed by atoms with Gasteiger partial charge in [-0.05, 0) is 65.8 Å². The van der Waals surface area contributed by atoms with E-state index in [1.807, 2.05) is 90.1 Å². The van der Waals surface area contributed by atoms with Crippen molar-refractivity contribution in [2.45, 2.75) is 75.6 Å². The largest absolute Gasteiger partial charge is 0.672 e. The van der Waals surface area contributed by atoms with Crippen LogP contribution in [0.3, 0.4) is 0 Å². The molecule has 4 aromatic rings. The second kappa shape index (κ2) is 16.7. The van der Waals surface area contributed by atoms with Gasteiger partial charge in [0.05, 0.1) is 40.4 Å². The minimum Gasteiger partial charge on any atom is -0.672 e. The second-order valence-corrected chi connectivity index (χ2v) is 20.6. The van der Waals surface area contributed by atoms with Crippen LogP contribution in [0.5, 0.6) is 23.0 Å². The molecular formula is C38H48ClN2O4P2Ru+2. The first-order valence-corrected chi connectivity index (χ1v) is 21.3. The first-order valence-electron chi connectivity index (χ1n) is 15.9. The summed E-state index contributed by atoms with van der Waals surface area (Å²) in [6.45, 7) is 13.9. The molecule has 0 saturated carbocycles. The van der Waals surface area contributed by atoms with E-state index in [0.29, 0.717) is 0 Å². The summed E-state index contributed by atoms with van der Waals surface area (Å²) in [7, 11) is 5.75. The topological polar surface area (TPSA) is 84.5 Å². The Morgan fingerprint density at radius 2 is 0.917 bits per heavy atom. The van der Waals surface area contributed by atoms with Gasteiger partial charge in [-0.15, -0.1) is 12.1 Å². The van der Waals surface area contributed by atoms with Crippen LogP contribution in [0, 0.1) is 0 Å². The zero-order valence-corrected chi connectivity index (χ0v) is 33.4. The van der Waals surface area contributed by atoms with Gasteiger partial charge < -0.3 is 30.4 Å². The van der Waals surface area contributed by atoms with E-state index in [-0.39, 0.29) is 22.0 Å². The Labute approximate surface area is 303 Å². The molecule has 257 valence electrons. The minimum atomic E-state index is -1.16. The van der Waals surface area contributed by atoms with E-state index in [0.717, 1.165) is 34.1 Å². The molecule has 2 N–H and O–H groups in total. The molecule has 0 radical (unpaired) electrons. The van der Waals surface area contributed by atoms with Gasteiger partial charge >= 0.3 is 27.0 Å². The van der Waals surface area contributed by atoms with Crippen LogP contribution < -0.4 is 29.6 Å². The monoisotopic (exact) mass is 795 g/mol. The first kappa shape index (κ1) is 38.6. The Kier molecular flexibility index (Phi) is 13.4. The number of hydrogen-bond acceptors (Lipinski definition) is 4. The Morgan fingerprint density at radius 3 is 1.21 bits per heavy atom. The molecule has 2 heterocycles. The van der Waals surface area contributed by atoms with Gasteiger partial charge in [0.2, 0.25) is 0 Å². The van der Waals surface area contributed by atoms with Crippen molar-refractivity contribution >= 4 is 36.1 Å². The zero-order valence-electron chi connectivity index (χ0n) is 28.9. The minimum absolute atomic E-state index is 0.0199. The fourth-order valence-electron chi connectivity index (χ4n) is 6.50. The summed E-state index contributed by atoms with van der Waals surface area (Å²) in [6, 6.07) is 30.4. The molecule has 0 aromatic heterocycles. The summed E-state index contributed by atoms with van der Waals surface area (Å²) in [4.78, 5) is 0. The summed E-state index contributed by atoms with van der Waals surface area (Å²) in [5.74, 6) is 3.85. The number of nitrogens with one attached hydrogen (secondary N) is 2. The Balaban J connectivity index is 0.000000243. The van der Waals surface area contributed by atoms with Gasteiger partial charge in [-0.1, -0.05) is 83.9 Å². The average molecular weight is 795 g/mol. The van der Waals surface area contributed by atoms with Crippen LogP contribution in [-0.4, -0.2) is 36.2 Å². The Bertz CT molecular complexity index is 1500. The number of halogens is 1. The maximum Gasteiger partial charge on any atom is -0.0606 e. The van der Waals surface area contributed by atoms with Crippen LogP contribution >= 0.6 is 25.5 Å². The van der Waals surface area contributed by atoms with Crippen molar-refractivity contribution in [1.29, 1.82) is 0 Å². The molecule has 0 bridgehead atoms. The van der Waals surface area contributed by atoms with Crippen LogP contribution in [0.15, 0.2) is 97.1 Å². The van der Waals surface area contributed by atoms with Crippen molar-refractivity contribution in [2.24, 2.45) is 0 Å². The van der Waals surface area contributed by atoms with Gasteiger partial charge in [-0.2, -0.15) is 0 Å². The van der Waals surface area contributed by atoms with Crippen LogP contribution in [0.4, 0.5) is 0 Å². The molecule has 2 aliphatic rings. The summed E-state index contributed by atoms with van der Waals surface area (Å²) in [6.07, 6.45) is 0. The van der Waals surface area contributed by atoms with Crippen molar-refractivity contribution in [3.63, 3.8) is 0 Å². The van der Waals surface area contributed by atoms with Gasteiger partial charge in [0.1, 0.15) is 0 Å². The molecule has 2 unspecified atom stereocenters. The van der Waals surface area contributed by atoms with E-state index in [4.69, 9.17) is 30.4 Å². The number of hydrogen-bond donors (Lipinski definition) is 0. The van der Waals surface area contributed by atoms with Crippen molar-refractivity contribution in [1.82, 2.24) is 0 Å². The molecule has 2 aliphatic heterocycles. The SMILES string of the molecule is COc1cccc2c1[PH+](C(C)(C)C)[C@H]([C@@H]1Oc3cccc(OC)c3[PH+]1C(C)(C)C)O2.[Cl][Ru+2].[NH-][C@H](c1ccccc1)[C@H]([NH-])c1ccccc1. The molecular weight excluding hydrogens is 747 g/mol. The molecule has 0 amide bonds. The summed E-state index contributed by atoms with van der Waals surface area (Å²) < 4.78 is 25.0. The first-order chi connectivity index (χ1) is 22.9. The second-order valence-electron chi connectivity index (χ2n) is 13.8. The van der Waals surface area contributed by atoms with E-state index in [9.17, 15) is 0 Å². The Hall–Kier alpha value is -2.23. The van der Waals surface area contributed by atoms with Gasteiger partial charge in [0, 0.05) is 0 Å². The third-order valence-corrected chi connectivity index (χ3v) is 16.2. The van der Waals surface area contributed by atoms with Crippen LogP contribution in [0.1, 0.15) is 64.8 Å². The number of methoxy groups -OCH3 is 2.